The van der Waals surface area contributed by atoms with Gasteiger partial charge < -0.3 is 16.0 Å². The highest BCUT2D eigenvalue weighted by molar-refractivity contribution is 5.79. The number of carbonyl (C=O) groups excluding carboxylic acids is 1. The Hall–Kier alpha value is -1.53. The lowest BCUT2D eigenvalue weighted by Gasteiger charge is -2.35. The van der Waals surface area contributed by atoms with E-state index in [2.05, 4.69) is 5.32 Å². The summed E-state index contributed by atoms with van der Waals surface area (Å²) in [5, 5.41) is 3.16. The third kappa shape index (κ3) is 3.27. The summed E-state index contributed by atoms with van der Waals surface area (Å²) in [6, 6.07) is 3.19. The van der Waals surface area contributed by atoms with Crippen molar-refractivity contribution in [1.29, 1.82) is 0 Å². The molecular weight excluding hydrogens is 252 g/mol. The summed E-state index contributed by atoms with van der Waals surface area (Å²) in [6.07, 6.45) is -0.0669. The van der Waals surface area contributed by atoms with E-state index in [1.165, 1.54) is 6.07 Å². The molecule has 0 aromatic heterocycles. The first-order valence-electron chi connectivity index (χ1n) is 6.26. The van der Waals surface area contributed by atoms with Crippen LogP contribution in [0.25, 0.3) is 0 Å². The van der Waals surface area contributed by atoms with Gasteiger partial charge in [0.05, 0.1) is 12.5 Å². The molecule has 1 fully saturated rings. The molecule has 0 aliphatic carbocycles. The van der Waals surface area contributed by atoms with Crippen LogP contribution in [0.15, 0.2) is 18.2 Å². The van der Waals surface area contributed by atoms with Crippen LogP contribution in [0.1, 0.15) is 5.56 Å². The molecule has 1 atom stereocenters. The number of hydrogen-bond acceptors (Lipinski definition) is 3. The molecule has 1 aromatic rings. The second-order valence-electron chi connectivity index (χ2n) is 4.59. The fraction of sp³-hybridized carbons (Fsp3) is 0.462. The molecule has 6 heteroatoms. The molecule has 1 amide bonds. The maximum Gasteiger partial charge on any atom is 0.227 e. The smallest absolute Gasteiger partial charge is 0.227 e. The molecular formula is C13H17F2N3O. The van der Waals surface area contributed by atoms with E-state index in [1.54, 1.807) is 4.90 Å². The average Bonchev–Trinajstić information content (AvgIpc) is 2.41. The number of nitrogens with one attached hydrogen (secondary N) is 1. The van der Waals surface area contributed by atoms with Gasteiger partial charge in [0.1, 0.15) is 11.6 Å². The Balaban J connectivity index is 2.07. The summed E-state index contributed by atoms with van der Waals surface area (Å²) >= 11 is 0. The average molecular weight is 269 g/mol. The third-order valence-electron chi connectivity index (χ3n) is 3.30. The van der Waals surface area contributed by atoms with E-state index in [0.717, 1.165) is 12.1 Å². The van der Waals surface area contributed by atoms with Crippen molar-refractivity contribution in [3.63, 3.8) is 0 Å². The molecule has 0 bridgehead atoms. The minimum Gasteiger partial charge on any atom is -0.336 e. The highest BCUT2D eigenvalue weighted by Crippen LogP contribution is 2.13. The van der Waals surface area contributed by atoms with Gasteiger partial charge in [0, 0.05) is 32.2 Å². The largest absolute Gasteiger partial charge is 0.336 e. The van der Waals surface area contributed by atoms with Crippen molar-refractivity contribution in [3.8, 4) is 0 Å². The topological polar surface area (TPSA) is 58.4 Å². The molecule has 19 heavy (non-hydrogen) atoms. The first-order valence-corrected chi connectivity index (χ1v) is 6.26. The highest BCUT2D eigenvalue weighted by atomic mass is 19.1. The van der Waals surface area contributed by atoms with Crippen LogP contribution in [0.4, 0.5) is 8.78 Å². The molecule has 4 nitrogen and oxygen atoms in total. The monoisotopic (exact) mass is 269 g/mol. The van der Waals surface area contributed by atoms with E-state index >= 15 is 0 Å². The fourth-order valence-corrected chi connectivity index (χ4v) is 2.23. The van der Waals surface area contributed by atoms with Crippen molar-refractivity contribution < 1.29 is 13.6 Å². The van der Waals surface area contributed by atoms with Gasteiger partial charge in [-0.3, -0.25) is 4.79 Å². The molecule has 1 aromatic carbocycles. The first kappa shape index (κ1) is 13.9. The Morgan fingerprint density at radius 3 is 2.95 bits per heavy atom. The van der Waals surface area contributed by atoms with Crippen molar-refractivity contribution >= 4 is 5.91 Å². The second kappa shape index (κ2) is 6.08. The van der Waals surface area contributed by atoms with Crippen LogP contribution < -0.4 is 11.1 Å². The van der Waals surface area contributed by atoms with Crippen LogP contribution in [0.3, 0.4) is 0 Å². The van der Waals surface area contributed by atoms with E-state index in [9.17, 15) is 13.6 Å². The van der Waals surface area contributed by atoms with E-state index in [0.29, 0.717) is 26.2 Å². The predicted octanol–water partition coefficient (Wildman–Crippen LogP) is 0.266. The zero-order valence-corrected chi connectivity index (χ0v) is 10.5. The molecule has 1 heterocycles. The number of piperazine rings is 1. The molecule has 0 saturated carbocycles. The third-order valence-corrected chi connectivity index (χ3v) is 3.30. The van der Waals surface area contributed by atoms with Gasteiger partial charge >= 0.3 is 0 Å². The van der Waals surface area contributed by atoms with E-state index in [-0.39, 0.29) is 23.9 Å². The lowest BCUT2D eigenvalue weighted by molar-refractivity contribution is -0.133. The van der Waals surface area contributed by atoms with Crippen molar-refractivity contribution in [3.05, 3.63) is 35.4 Å². The van der Waals surface area contributed by atoms with Crippen molar-refractivity contribution in [2.45, 2.75) is 12.5 Å². The van der Waals surface area contributed by atoms with Crippen molar-refractivity contribution in [2.75, 3.05) is 26.2 Å². The van der Waals surface area contributed by atoms with Gasteiger partial charge in [-0.1, -0.05) is 6.07 Å². The maximum atomic E-state index is 13.5. The molecule has 1 saturated heterocycles. The Bertz CT molecular complexity index is 467. The molecule has 1 unspecified atom stereocenters. The van der Waals surface area contributed by atoms with Gasteiger partial charge in [-0.25, -0.2) is 8.78 Å². The van der Waals surface area contributed by atoms with Gasteiger partial charge in [-0.15, -0.1) is 0 Å². The van der Waals surface area contributed by atoms with Crippen molar-refractivity contribution in [1.82, 2.24) is 10.2 Å². The first-order chi connectivity index (χ1) is 9.11. The lowest BCUT2D eigenvalue weighted by atomic mass is 10.1. The maximum absolute atomic E-state index is 13.5. The number of rotatable bonds is 3. The highest BCUT2D eigenvalue weighted by Gasteiger charge is 2.25. The number of benzene rings is 1. The SMILES string of the molecule is NCC1CNCCN1C(=O)Cc1ccc(F)cc1F. The van der Waals surface area contributed by atoms with E-state index in [1.807, 2.05) is 0 Å². The van der Waals surface area contributed by atoms with Crippen LogP contribution in [0.2, 0.25) is 0 Å². The Morgan fingerprint density at radius 2 is 2.26 bits per heavy atom. The minimum atomic E-state index is -0.687. The van der Waals surface area contributed by atoms with Crippen LogP contribution in [-0.4, -0.2) is 43.0 Å². The number of carbonyl (C=O) groups is 1. The second-order valence-corrected chi connectivity index (χ2v) is 4.59. The van der Waals surface area contributed by atoms with Gasteiger partial charge in [-0.05, 0) is 11.6 Å². The molecule has 1 aliphatic rings. The number of halogens is 2. The van der Waals surface area contributed by atoms with Crippen LogP contribution >= 0.6 is 0 Å². The van der Waals surface area contributed by atoms with Crippen LogP contribution in [0.5, 0.6) is 0 Å². The van der Waals surface area contributed by atoms with Gasteiger partial charge in [0.25, 0.3) is 0 Å². The number of nitrogens with zero attached hydrogens (tertiary/aromatic N) is 1. The Kier molecular flexibility index (Phi) is 4.44. The summed E-state index contributed by atoms with van der Waals surface area (Å²) in [5.41, 5.74) is 5.83. The van der Waals surface area contributed by atoms with E-state index in [4.69, 9.17) is 5.73 Å². The zero-order valence-electron chi connectivity index (χ0n) is 10.5. The summed E-state index contributed by atoms with van der Waals surface area (Å²) in [5.74, 6) is -1.51. The van der Waals surface area contributed by atoms with E-state index < -0.39 is 11.6 Å². The Morgan fingerprint density at radius 1 is 1.47 bits per heavy atom. The molecule has 104 valence electrons. The van der Waals surface area contributed by atoms with Crippen LogP contribution in [-0.2, 0) is 11.2 Å². The standard InChI is InChI=1S/C13H17F2N3O/c14-10-2-1-9(12(15)6-10)5-13(19)18-4-3-17-8-11(18)7-16/h1-2,6,11,17H,3-5,7-8,16H2. The quantitative estimate of drug-likeness (QED) is 0.828. The minimum absolute atomic E-state index is 0.0650. The summed E-state index contributed by atoms with van der Waals surface area (Å²) < 4.78 is 26.3. The normalized spacial score (nSPS) is 19.5. The van der Waals surface area contributed by atoms with Crippen LogP contribution in [0, 0.1) is 11.6 Å². The summed E-state index contributed by atoms with van der Waals surface area (Å²) in [6.45, 7) is 2.27. The predicted molar refractivity (Wildman–Crippen MR) is 67.5 cm³/mol. The molecule has 2 rings (SSSR count). The van der Waals surface area contributed by atoms with Crippen molar-refractivity contribution in [2.24, 2.45) is 5.73 Å². The summed E-state index contributed by atoms with van der Waals surface area (Å²) in [7, 11) is 0. The summed E-state index contributed by atoms with van der Waals surface area (Å²) in [4.78, 5) is 13.8. The Labute approximate surface area is 110 Å². The molecule has 1 aliphatic heterocycles. The molecule has 3 N–H and O–H groups in total. The van der Waals surface area contributed by atoms with Gasteiger partial charge in [0.2, 0.25) is 5.91 Å². The molecule has 0 spiro atoms. The van der Waals surface area contributed by atoms with Gasteiger partial charge in [-0.2, -0.15) is 0 Å². The lowest BCUT2D eigenvalue weighted by Crippen LogP contribution is -2.56. The number of amides is 1. The number of nitrogens with two attached hydrogens (primary N) is 1. The zero-order chi connectivity index (χ0) is 13.8. The molecule has 0 radical (unpaired) electrons. The van der Waals surface area contributed by atoms with Gasteiger partial charge in [0.15, 0.2) is 0 Å². The fourth-order valence-electron chi connectivity index (χ4n) is 2.23. The number of hydrogen-bond donors (Lipinski definition) is 2.